The summed E-state index contributed by atoms with van der Waals surface area (Å²) in [5.74, 6) is -0.0688. The number of rotatable bonds is 5. The highest BCUT2D eigenvalue weighted by Gasteiger charge is 2.26. The van der Waals surface area contributed by atoms with E-state index in [1.807, 2.05) is 65.6 Å². The Hall–Kier alpha value is -2.92. The highest BCUT2D eigenvalue weighted by Crippen LogP contribution is 2.21. The lowest BCUT2D eigenvalue weighted by atomic mass is 10.1. The molecule has 0 atom stereocenters. The van der Waals surface area contributed by atoms with Crippen LogP contribution < -0.4 is 0 Å². The zero-order chi connectivity index (χ0) is 17.8. The van der Waals surface area contributed by atoms with Gasteiger partial charge in [-0.25, -0.2) is 0 Å². The van der Waals surface area contributed by atoms with E-state index in [-0.39, 0.29) is 5.91 Å². The third-order valence-corrected chi connectivity index (χ3v) is 4.62. The molecule has 0 bridgehead atoms. The fraction of sp³-hybridized carbons (Fsp3) is 0.238. The lowest BCUT2D eigenvalue weighted by Gasteiger charge is -2.23. The maximum absolute atomic E-state index is 13.3. The molecule has 3 aromatic rings. The third kappa shape index (κ3) is 3.53. The van der Waals surface area contributed by atoms with Crippen molar-refractivity contribution < 1.29 is 9.53 Å². The summed E-state index contributed by atoms with van der Waals surface area (Å²) < 4.78 is 5.53. The number of ether oxygens (including phenoxy) is 1. The molecule has 26 heavy (non-hydrogen) atoms. The maximum atomic E-state index is 13.3. The van der Waals surface area contributed by atoms with Crippen molar-refractivity contribution in [1.82, 2.24) is 15.1 Å². The van der Waals surface area contributed by atoms with E-state index in [0.29, 0.717) is 32.0 Å². The van der Waals surface area contributed by atoms with Gasteiger partial charge in [-0.1, -0.05) is 60.7 Å². The van der Waals surface area contributed by atoms with Crippen LogP contribution in [0.2, 0.25) is 0 Å². The molecule has 1 aromatic heterocycles. The largest absolute Gasteiger partial charge is 0.376 e. The molecule has 1 aliphatic rings. The van der Waals surface area contributed by atoms with Gasteiger partial charge in [0.1, 0.15) is 0 Å². The monoisotopic (exact) mass is 347 g/mol. The minimum Gasteiger partial charge on any atom is -0.376 e. The number of hydrogen-bond acceptors (Lipinski definition) is 3. The van der Waals surface area contributed by atoms with Crippen molar-refractivity contribution in [2.45, 2.75) is 26.1 Å². The lowest BCUT2D eigenvalue weighted by molar-refractivity contribution is 0.0711. The Labute approximate surface area is 152 Å². The van der Waals surface area contributed by atoms with Crippen LogP contribution in [-0.2, 0) is 30.9 Å². The van der Waals surface area contributed by atoms with Crippen molar-refractivity contribution in [1.29, 1.82) is 0 Å². The molecule has 1 N–H and O–H groups in total. The number of nitrogens with zero attached hydrogens (tertiary/aromatic N) is 2. The van der Waals surface area contributed by atoms with Gasteiger partial charge in [-0.05, 0) is 11.1 Å². The molecule has 5 nitrogen and oxygen atoms in total. The van der Waals surface area contributed by atoms with E-state index >= 15 is 0 Å². The van der Waals surface area contributed by atoms with Crippen molar-refractivity contribution >= 4 is 5.91 Å². The average molecular weight is 347 g/mol. The predicted molar refractivity (Wildman–Crippen MR) is 98.4 cm³/mol. The van der Waals surface area contributed by atoms with Crippen LogP contribution in [0.15, 0.2) is 60.7 Å². The van der Waals surface area contributed by atoms with Crippen LogP contribution in [0, 0.1) is 0 Å². The number of amides is 1. The molecule has 132 valence electrons. The van der Waals surface area contributed by atoms with E-state index in [4.69, 9.17) is 4.74 Å². The number of carbonyl (C=O) groups is 1. The van der Waals surface area contributed by atoms with Crippen LogP contribution in [-0.4, -0.2) is 27.6 Å². The molecule has 5 heteroatoms. The molecule has 1 amide bonds. The first-order chi connectivity index (χ1) is 12.8. The molecule has 2 aromatic carbocycles. The highest BCUT2D eigenvalue weighted by molar-refractivity contribution is 5.94. The Morgan fingerprint density at radius 1 is 1.00 bits per heavy atom. The van der Waals surface area contributed by atoms with Crippen molar-refractivity contribution in [3.8, 4) is 0 Å². The van der Waals surface area contributed by atoms with Crippen molar-refractivity contribution in [2.75, 3.05) is 6.61 Å². The van der Waals surface area contributed by atoms with Gasteiger partial charge < -0.3 is 9.64 Å². The molecule has 1 aliphatic heterocycles. The summed E-state index contributed by atoms with van der Waals surface area (Å²) in [6, 6.07) is 20.1. The molecule has 0 saturated carbocycles. The second kappa shape index (κ2) is 7.54. The minimum absolute atomic E-state index is 0.0688. The summed E-state index contributed by atoms with van der Waals surface area (Å²) in [4.78, 5) is 15.1. The summed E-state index contributed by atoms with van der Waals surface area (Å²) in [6.07, 6.45) is 0.771. The highest BCUT2D eigenvalue weighted by atomic mass is 16.5. The zero-order valence-corrected chi connectivity index (χ0v) is 14.5. The molecule has 2 heterocycles. The summed E-state index contributed by atoms with van der Waals surface area (Å²) >= 11 is 0. The Bertz CT molecular complexity index is 833. The standard InChI is InChI=1S/C21H21N3O2/c25-21(20-18-15-26-12-11-19(18)22-23-20)24(13-16-7-3-1-4-8-16)14-17-9-5-2-6-10-17/h1-10H,11-15H2,(H,22,23). The predicted octanol–water partition coefficient (Wildman–Crippen LogP) is 3.33. The fourth-order valence-corrected chi connectivity index (χ4v) is 3.25. The SMILES string of the molecule is O=C(c1n[nH]c2c1COCC2)N(Cc1ccccc1)Cc1ccccc1. The molecular formula is C21H21N3O2. The Morgan fingerprint density at radius 3 is 2.23 bits per heavy atom. The van der Waals surface area contributed by atoms with Crippen LogP contribution >= 0.6 is 0 Å². The van der Waals surface area contributed by atoms with Crippen LogP contribution in [0.4, 0.5) is 0 Å². The van der Waals surface area contributed by atoms with E-state index in [1.165, 1.54) is 0 Å². The quantitative estimate of drug-likeness (QED) is 0.770. The molecule has 0 unspecified atom stereocenters. The molecular weight excluding hydrogens is 326 g/mol. The first kappa shape index (κ1) is 16.5. The van der Waals surface area contributed by atoms with Gasteiger partial charge in [0, 0.05) is 30.8 Å². The summed E-state index contributed by atoms with van der Waals surface area (Å²) in [7, 11) is 0. The van der Waals surface area contributed by atoms with Crippen molar-refractivity contribution in [3.63, 3.8) is 0 Å². The minimum atomic E-state index is -0.0688. The normalized spacial score (nSPS) is 13.2. The van der Waals surface area contributed by atoms with Gasteiger partial charge in [-0.2, -0.15) is 5.10 Å². The van der Waals surface area contributed by atoms with Gasteiger partial charge in [-0.15, -0.1) is 0 Å². The van der Waals surface area contributed by atoms with E-state index in [2.05, 4.69) is 10.2 Å². The van der Waals surface area contributed by atoms with Crippen LogP contribution in [0.25, 0.3) is 0 Å². The second-order valence-electron chi connectivity index (χ2n) is 6.46. The van der Waals surface area contributed by atoms with Crippen LogP contribution in [0.1, 0.15) is 32.9 Å². The number of aromatic amines is 1. The number of nitrogens with one attached hydrogen (secondary N) is 1. The molecule has 0 aliphatic carbocycles. The Balaban J connectivity index is 1.63. The third-order valence-electron chi connectivity index (χ3n) is 4.62. The van der Waals surface area contributed by atoms with Crippen LogP contribution in [0.3, 0.4) is 0 Å². The van der Waals surface area contributed by atoms with E-state index in [1.54, 1.807) is 0 Å². The van der Waals surface area contributed by atoms with Gasteiger partial charge in [0.15, 0.2) is 5.69 Å². The van der Waals surface area contributed by atoms with Gasteiger partial charge in [-0.3, -0.25) is 9.89 Å². The Kier molecular flexibility index (Phi) is 4.80. The van der Waals surface area contributed by atoms with Crippen molar-refractivity contribution in [3.05, 3.63) is 88.7 Å². The number of hydrogen-bond donors (Lipinski definition) is 1. The summed E-state index contributed by atoms with van der Waals surface area (Å²) in [5.41, 5.74) is 4.58. The number of H-pyrrole nitrogens is 1. The average Bonchev–Trinajstić information content (AvgIpc) is 3.13. The smallest absolute Gasteiger partial charge is 0.275 e. The summed E-state index contributed by atoms with van der Waals surface area (Å²) in [6.45, 7) is 2.19. The fourth-order valence-electron chi connectivity index (χ4n) is 3.25. The second-order valence-corrected chi connectivity index (χ2v) is 6.46. The first-order valence-electron chi connectivity index (χ1n) is 8.82. The van der Waals surface area contributed by atoms with Crippen LogP contribution in [0.5, 0.6) is 0 Å². The van der Waals surface area contributed by atoms with Gasteiger partial charge in [0.25, 0.3) is 5.91 Å². The summed E-state index contributed by atoms with van der Waals surface area (Å²) in [5, 5.41) is 7.32. The zero-order valence-electron chi connectivity index (χ0n) is 14.5. The van der Waals surface area contributed by atoms with Crippen molar-refractivity contribution in [2.24, 2.45) is 0 Å². The van der Waals surface area contributed by atoms with E-state index < -0.39 is 0 Å². The Morgan fingerprint density at radius 2 is 1.62 bits per heavy atom. The van der Waals surface area contributed by atoms with E-state index in [0.717, 1.165) is 28.8 Å². The topological polar surface area (TPSA) is 58.2 Å². The van der Waals surface area contributed by atoms with Gasteiger partial charge in [0.05, 0.1) is 13.2 Å². The lowest BCUT2D eigenvalue weighted by Crippen LogP contribution is -2.31. The first-order valence-corrected chi connectivity index (χ1v) is 8.82. The van der Waals surface area contributed by atoms with Gasteiger partial charge in [0.2, 0.25) is 0 Å². The number of benzene rings is 2. The molecule has 0 radical (unpaired) electrons. The number of carbonyl (C=O) groups excluding carboxylic acids is 1. The molecule has 0 spiro atoms. The van der Waals surface area contributed by atoms with E-state index in [9.17, 15) is 4.79 Å². The molecule has 4 rings (SSSR count). The van der Waals surface area contributed by atoms with Gasteiger partial charge >= 0.3 is 0 Å². The number of fused-ring (bicyclic) bond motifs is 1. The number of aromatic nitrogens is 2. The maximum Gasteiger partial charge on any atom is 0.275 e. The molecule has 0 fully saturated rings. The molecule has 0 saturated heterocycles.